The minimum absolute atomic E-state index is 0.364. The number of nitrogens with one attached hydrogen (secondary N) is 2. The lowest BCUT2D eigenvalue weighted by Crippen LogP contribution is -2.15. The first-order chi connectivity index (χ1) is 9.71. The van der Waals surface area contributed by atoms with Crippen molar-refractivity contribution in [2.45, 2.75) is 39.7 Å². The van der Waals surface area contributed by atoms with Gasteiger partial charge in [0, 0.05) is 11.7 Å². The second-order valence-corrected chi connectivity index (χ2v) is 4.79. The first-order valence-corrected chi connectivity index (χ1v) is 7.03. The summed E-state index contributed by atoms with van der Waals surface area (Å²) < 4.78 is 0. The summed E-state index contributed by atoms with van der Waals surface area (Å²) in [5.74, 6) is 1.24. The molecule has 106 valence electrons. The largest absolute Gasteiger partial charge is 0.366 e. The fourth-order valence-electron chi connectivity index (χ4n) is 1.73. The number of nitrogens with zero attached hydrogens (tertiary/aromatic N) is 3. The van der Waals surface area contributed by atoms with Crippen LogP contribution in [0.1, 0.15) is 32.8 Å². The maximum absolute atomic E-state index is 4.40. The number of hydrogen-bond donors (Lipinski definition) is 2. The number of rotatable bonds is 6. The summed E-state index contributed by atoms with van der Waals surface area (Å²) in [6, 6.07) is 8.60. The summed E-state index contributed by atoms with van der Waals surface area (Å²) in [6.45, 7) is 6.37. The van der Waals surface area contributed by atoms with Crippen LogP contribution in [0.4, 0.5) is 17.5 Å². The zero-order valence-electron chi connectivity index (χ0n) is 12.2. The van der Waals surface area contributed by atoms with Crippen molar-refractivity contribution in [3.8, 4) is 0 Å². The van der Waals surface area contributed by atoms with Gasteiger partial charge in [-0.1, -0.05) is 26.0 Å². The van der Waals surface area contributed by atoms with Crippen LogP contribution >= 0.6 is 0 Å². The van der Waals surface area contributed by atoms with E-state index in [1.54, 1.807) is 6.20 Å². The third-order valence-electron chi connectivity index (χ3n) is 3.18. The van der Waals surface area contributed by atoms with Crippen molar-refractivity contribution in [1.29, 1.82) is 0 Å². The Kier molecular flexibility index (Phi) is 4.87. The molecule has 0 amide bonds. The molecule has 1 aromatic carbocycles. The van der Waals surface area contributed by atoms with E-state index in [0.29, 0.717) is 12.0 Å². The molecule has 2 N–H and O–H groups in total. The first-order valence-electron chi connectivity index (χ1n) is 7.03. The van der Waals surface area contributed by atoms with Gasteiger partial charge in [-0.05, 0) is 37.5 Å². The van der Waals surface area contributed by atoms with Crippen LogP contribution in [0, 0.1) is 0 Å². The lowest BCUT2D eigenvalue weighted by atomic mass is 10.1. The Morgan fingerprint density at radius 1 is 1.15 bits per heavy atom. The van der Waals surface area contributed by atoms with Gasteiger partial charge in [-0.15, -0.1) is 5.10 Å². The molecule has 5 heteroatoms. The minimum Gasteiger partial charge on any atom is -0.366 e. The normalized spacial score (nSPS) is 11.9. The van der Waals surface area contributed by atoms with E-state index in [1.165, 1.54) is 5.56 Å². The monoisotopic (exact) mass is 271 g/mol. The molecule has 1 unspecified atom stereocenters. The summed E-state index contributed by atoms with van der Waals surface area (Å²) >= 11 is 0. The van der Waals surface area contributed by atoms with E-state index >= 15 is 0 Å². The zero-order valence-corrected chi connectivity index (χ0v) is 12.2. The van der Waals surface area contributed by atoms with Crippen molar-refractivity contribution in [2.24, 2.45) is 0 Å². The van der Waals surface area contributed by atoms with Gasteiger partial charge in [-0.25, -0.2) is 0 Å². The Bertz CT molecular complexity index is 538. The molecule has 0 aliphatic rings. The molecular formula is C15H21N5. The summed E-state index contributed by atoms with van der Waals surface area (Å²) in [5, 5.41) is 14.4. The van der Waals surface area contributed by atoms with Crippen LogP contribution in [0.5, 0.6) is 0 Å². The lowest BCUT2D eigenvalue weighted by molar-refractivity contribution is 0.755. The van der Waals surface area contributed by atoms with E-state index in [1.807, 2.05) is 12.1 Å². The fourth-order valence-corrected chi connectivity index (χ4v) is 1.73. The predicted octanol–water partition coefficient (Wildman–Crippen LogP) is 3.39. The minimum atomic E-state index is 0.364. The number of aryl methyl sites for hydroxylation is 1. The average molecular weight is 271 g/mol. The van der Waals surface area contributed by atoms with Crippen molar-refractivity contribution in [3.63, 3.8) is 0 Å². The summed E-state index contributed by atoms with van der Waals surface area (Å²) in [4.78, 5) is 4.40. The van der Waals surface area contributed by atoms with Crippen LogP contribution in [-0.4, -0.2) is 21.2 Å². The van der Waals surface area contributed by atoms with E-state index < -0.39 is 0 Å². The topological polar surface area (TPSA) is 62.7 Å². The van der Waals surface area contributed by atoms with Gasteiger partial charge in [-0.2, -0.15) is 10.1 Å². The second-order valence-electron chi connectivity index (χ2n) is 4.79. The smallest absolute Gasteiger partial charge is 0.249 e. The maximum atomic E-state index is 4.40. The highest BCUT2D eigenvalue weighted by Crippen LogP contribution is 2.15. The van der Waals surface area contributed by atoms with Crippen molar-refractivity contribution >= 4 is 17.5 Å². The van der Waals surface area contributed by atoms with Crippen molar-refractivity contribution < 1.29 is 0 Å². The number of anilines is 3. The van der Waals surface area contributed by atoms with Gasteiger partial charge in [0.1, 0.15) is 0 Å². The SMILES string of the molecule is CCc1ccc(Nc2nncc(NC(C)CC)n2)cc1. The van der Waals surface area contributed by atoms with Crippen molar-refractivity contribution in [2.75, 3.05) is 10.6 Å². The molecule has 0 aliphatic carbocycles. The van der Waals surface area contributed by atoms with Crippen LogP contribution < -0.4 is 10.6 Å². The molecule has 0 radical (unpaired) electrons. The highest BCUT2D eigenvalue weighted by Gasteiger charge is 2.04. The van der Waals surface area contributed by atoms with E-state index in [9.17, 15) is 0 Å². The molecule has 20 heavy (non-hydrogen) atoms. The number of benzene rings is 1. The lowest BCUT2D eigenvalue weighted by Gasteiger charge is -2.12. The summed E-state index contributed by atoms with van der Waals surface area (Å²) in [5.41, 5.74) is 2.27. The quantitative estimate of drug-likeness (QED) is 0.843. The molecule has 1 aromatic heterocycles. The number of hydrogen-bond acceptors (Lipinski definition) is 5. The summed E-state index contributed by atoms with van der Waals surface area (Å²) in [6.07, 6.45) is 3.70. The third kappa shape index (κ3) is 3.91. The first kappa shape index (κ1) is 14.2. The predicted molar refractivity (Wildman–Crippen MR) is 82.3 cm³/mol. The fraction of sp³-hybridized carbons (Fsp3) is 0.400. The van der Waals surface area contributed by atoms with Gasteiger partial charge in [0.2, 0.25) is 5.95 Å². The van der Waals surface area contributed by atoms with Crippen molar-refractivity contribution in [3.05, 3.63) is 36.0 Å². The van der Waals surface area contributed by atoms with Crippen LogP contribution in [0.3, 0.4) is 0 Å². The Hall–Kier alpha value is -2.17. The zero-order chi connectivity index (χ0) is 14.4. The van der Waals surface area contributed by atoms with Crippen LogP contribution in [0.25, 0.3) is 0 Å². The molecule has 0 saturated heterocycles. The van der Waals surface area contributed by atoms with Gasteiger partial charge in [0.15, 0.2) is 5.82 Å². The highest BCUT2D eigenvalue weighted by molar-refractivity contribution is 5.54. The van der Waals surface area contributed by atoms with Gasteiger partial charge < -0.3 is 10.6 Å². The molecule has 1 atom stereocenters. The molecule has 5 nitrogen and oxygen atoms in total. The summed E-state index contributed by atoms with van der Waals surface area (Å²) in [7, 11) is 0. The van der Waals surface area contributed by atoms with Crippen LogP contribution in [-0.2, 0) is 6.42 Å². The van der Waals surface area contributed by atoms with Gasteiger partial charge in [0.25, 0.3) is 0 Å². The molecule has 2 rings (SSSR count). The standard InChI is InChI=1S/C15H21N5/c1-4-11(3)17-14-10-16-20-15(19-14)18-13-8-6-12(5-2)7-9-13/h6-11H,4-5H2,1-3H3,(H2,17,18,19,20). The second kappa shape index (κ2) is 6.84. The Balaban J connectivity index is 2.06. The maximum Gasteiger partial charge on any atom is 0.249 e. The Morgan fingerprint density at radius 3 is 2.55 bits per heavy atom. The molecule has 0 spiro atoms. The van der Waals surface area contributed by atoms with Crippen LogP contribution in [0.2, 0.25) is 0 Å². The third-order valence-corrected chi connectivity index (χ3v) is 3.18. The van der Waals surface area contributed by atoms with E-state index in [2.05, 4.69) is 58.7 Å². The van der Waals surface area contributed by atoms with Crippen molar-refractivity contribution in [1.82, 2.24) is 15.2 Å². The molecule has 0 aliphatic heterocycles. The van der Waals surface area contributed by atoms with E-state index in [-0.39, 0.29) is 0 Å². The Morgan fingerprint density at radius 2 is 1.90 bits per heavy atom. The Labute approximate surface area is 119 Å². The van der Waals surface area contributed by atoms with Gasteiger partial charge in [-0.3, -0.25) is 0 Å². The molecule has 0 bridgehead atoms. The molecule has 0 saturated carbocycles. The van der Waals surface area contributed by atoms with Gasteiger partial charge >= 0.3 is 0 Å². The highest BCUT2D eigenvalue weighted by atomic mass is 15.3. The van der Waals surface area contributed by atoms with Gasteiger partial charge in [0.05, 0.1) is 6.20 Å². The van der Waals surface area contributed by atoms with E-state index in [4.69, 9.17) is 0 Å². The van der Waals surface area contributed by atoms with E-state index in [0.717, 1.165) is 24.3 Å². The molecule has 1 heterocycles. The molecular weight excluding hydrogens is 250 g/mol. The molecule has 0 fully saturated rings. The average Bonchev–Trinajstić information content (AvgIpc) is 2.48. The van der Waals surface area contributed by atoms with Crippen LogP contribution in [0.15, 0.2) is 30.5 Å². The number of aromatic nitrogens is 3. The molecule has 2 aromatic rings.